The van der Waals surface area contributed by atoms with Crippen molar-refractivity contribution in [3.63, 3.8) is 0 Å². The molecule has 110 valence electrons. The van der Waals surface area contributed by atoms with E-state index in [1.54, 1.807) is 24.3 Å². The summed E-state index contributed by atoms with van der Waals surface area (Å²) in [5.41, 5.74) is -2.27. The fourth-order valence-electron chi connectivity index (χ4n) is 2.35. The number of hydrogen-bond donors (Lipinski definition) is 2. The summed E-state index contributed by atoms with van der Waals surface area (Å²) in [7, 11) is 0. The molecule has 2 N–H and O–H groups in total. The van der Waals surface area contributed by atoms with Crippen LogP contribution >= 0.6 is 11.6 Å². The van der Waals surface area contributed by atoms with Crippen molar-refractivity contribution in [2.24, 2.45) is 0 Å². The number of carbonyl (C=O) groups is 3. The van der Waals surface area contributed by atoms with Crippen LogP contribution in [0.1, 0.15) is 31.1 Å². The molecular weight excluding hydrogens is 306 g/mol. The van der Waals surface area contributed by atoms with E-state index in [2.05, 4.69) is 5.32 Å². The third-order valence-electron chi connectivity index (χ3n) is 3.45. The van der Waals surface area contributed by atoms with Gasteiger partial charge >= 0.3 is 0 Å². The molecule has 1 aliphatic carbocycles. The van der Waals surface area contributed by atoms with E-state index in [-0.39, 0.29) is 16.7 Å². The van der Waals surface area contributed by atoms with E-state index in [0.717, 1.165) is 0 Å². The van der Waals surface area contributed by atoms with Gasteiger partial charge in [0.05, 0.1) is 0 Å². The van der Waals surface area contributed by atoms with Crippen molar-refractivity contribution in [1.82, 2.24) is 5.32 Å². The third-order valence-corrected chi connectivity index (χ3v) is 3.69. The highest BCUT2D eigenvalue weighted by Crippen LogP contribution is 2.28. The lowest BCUT2D eigenvalue weighted by Gasteiger charge is -2.20. The number of nitrogens with one attached hydrogen (secondary N) is 1. The average Bonchev–Trinajstić information content (AvgIpc) is 2.70. The molecule has 2 aromatic carbocycles. The normalized spacial score (nSPS) is 15.5. The molecule has 0 aliphatic heterocycles. The Morgan fingerprint density at radius 1 is 1.00 bits per heavy atom. The summed E-state index contributed by atoms with van der Waals surface area (Å²) in [6.07, 6.45) is 0. The highest BCUT2D eigenvalue weighted by atomic mass is 35.5. The maximum atomic E-state index is 12.3. The number of aliphatic hydroxyl groups is 1. The Hall–Kier alpha value is -2.50. The van der Waals surface area contributed by atoms with Gasteiger partial charge in [-0.1, -0.05) is 41.9 Å². The summed E-state index contributed by atoms with van der Waals surface area (Å²) in [5.74, 6) is -2.45. The number of amides is 1. The fraction of sp³-hybridized carbons (Fsp3) is 0.0625. The van der Waals surface area contributed by atoms with Crippen LogP contribution < -0.4 is 5.32 Å². The van der Waals surface area contributed by atoms with Crippen LogP contribution in [0.2, 0.25) is 5.02 Å². The summed E-state index contributed by atoms with van der Waals surface area (Å²) in [5, 5.41) is 12.8. The lowest BCUT2D eigenvalue weighted by molar-refractivity contribution is 0.0192. The zero-order valence-corrected chi connectivity index (χ0v) is 11.9. The number of halogens is 1. The zero-order chi connectivity index (χ0) is 15.9. The van der Waals surface area contributed by atoms with Gasteiger partial charge in [0.25, 0.3) is 11.6 Å². The van der Waals surface area contributed by atoms with E-state index in [0.29, 0.717) is 5.02 Å². The second kappa shape index (κ2) is 5.05. The molecule has 1 amide bonds. The van der Waals surface area contributed by atoms with E-state index < -0.39 is 23.2 Å². The summed E-state index contributed by atoms with van der Waals surface area (Å²) in [6.45, 7) is 0. The Labute approximate surface area is 130 Å². The lowest BCUT2D eigenvalue weighted by atomic mass is 10.1. The summed E-state index contributed by atoms with van der Waals surface area (Å²) >= 11 is 5.79. The maximum Gasteiger partial charge on any atom is 0.268 e. The molecule has 5 nitrogen and oxygen atoms in total. The minimum atomic E-state index is -2.58. The number of rotatable bonds is 2. The first-order valence-corrected chi connectivity index (χ1v) is 6.80. The quantitative estimate of drug-likeness (QED) is 0.654. The van der Waals surface area contributed by atoms with Gasteiger partial charge in [0, 0.05) is 21.7 Å². The topological polar surface area (TPSA) is 83.5 Å². The summed E-state index contributed by atoms with van der Waals surface area (Å²) in [6, 6.07) is 12.0. The van der Waals surface area contributed by atoms with Crippen molar-refractivity contribution in [2.75, 3.05) is 0 Å². The van der Waals surface area contributed by atoms with E-state index in [1.807, 2.05) is 0 Å². The number of hydrogen-bond acceptors (Lipinski definition) is 4. The van der Waals surface area contributed by atoms with E-state index in [9.17, 15) is 19.5 Å². The fourth-order valence-corrected chi connectivity index (χ4v) is 2.54. The number of fused-ring (bicyclic) bond motifs is 1. The van der Waals surface area contributed by atoms with Gasteiger partial charge in [0.1, 0.15) is 0 Å². The SMILES string of the molecule is O=C(NC1(O)C(=O)c2ccccc2C1=O)c1cccc(Cl)c1. The van der Waals surface area contributed by atoms with Crippen molar-refractivity contribution in [1.29, 1.82) is 0 Å². The Morgan fingerprint density at radius 2 is 1.59 bits per heavy atom. The van der Waals surface area contributed by atoms with Gasteiger partial charge in [-0.2, -0.15) is 0 Å². The Bertz CT molecular complexity index is 780. The third kappa shape index (κ3) is 2.11. The molecule has 0 saturated heterocycles. The highest BCUT2D eigenvalue weighted by molar-refractivity contribution is 6.33. The van der Waals surface area contributed by atoms with Crippen molar-refractivity contribution >= 4 is 29.1 Å². The molecule has 0 heterocycles. The molecule has 0 spiro atoms. The first kappa shape index (κ1) is 14.4. The van der Waals surface area contributed by atoms with Gasteiger partial charge in [-0.25, -0.2) is 0 Å². The van der Waals surface area contributed by atoms with Crippen LogP contribution in [0.3, 0.4) is 0 Å². The minimum Gasteiger partial charge on any atom is -0.358 e. The zero-order valence-electron chi connectivity index (χ0n) is 11.2. The van der Waals surface area contributed by atoms with Crippen molar-refractivity contribution in [3.05, 3.63) is 70.2 Å². The standard InChI is InChI=1S/C16H10ClNO4/c17-10-5-3-4-9(8-10)15(21)18-16(22)13(19)11-6-1-2-7-12(11)14(16)20/h1-8,22H,(H,18,21). The second-order valence-electron chi connectivity index (χ2n) is 4.88. The van der Waals surface area contributed by atoms with Crippen molar-refractivity contribution in [3.8, 4) is 0 Å². The van der Waals surface area contributed by atoms with Crippen LogP contribution in [-0.2, 0) is 0 Å². The molecule has 0 fully saturated rings. The molecule has 3 rings (SSSR count). The largest absolute Gasteiger partial charge is 0.358 e. The molecule has 1 aliphatic rings. The Balaban J connectivity index is 1.94. The summed E-state index contributed by atoms with van der Waals surface area (Å²) < 4.78 is 0. The number of carbonyl (C=O) groups excluding carboxylic acids is 3. The Morgan fingerprint density at radius 3 is 2.14 bits per heavy atom. The first-order chi connectivity index (χ1) is 10.4. The maximum absolute atomic E-state index is 12.3. The van der Waals surface area contributed by atoms with Gasteiger partial charge in [-0.15, -0.1) is 0 Å². The summed E-state index contributed by atoms with van der Waals surface area (Å²) in [4.78, 5) is 36.7. The van der Waals surface area contributed by atoms with Gasteiger partial charge < -0.3 is 10.4 Å². The van der Waals surface area contributed by atoms with Gasteiger partial charge in [0.15, 0.2) is 0 Å². The monoisotopic (exact) mass is 315 g/mol. The number of Topliss-reactive ketones (excluding diaryl/α,β-unsaturated/α-hetero) is 2. The lowest BCUT2D eigenvalue weighted by Crippen LogP contribution is -2.56. The number of ketones is 2. The van der Waals surface area contributed by atoms with Gasteiger partial charge in [-0.3, -0.25) is 14.4 Å². The van der Waals surface area contributed by atoms with Gasteiger partial charge in [0.2, 0.25) is 11.6 Å². The highest BCUT2D eigenvalue weighted by Gasteiger charge is 2.53. The molecule has 0 aromatic heterocycles. The molecule has 0 unspecified atom stereocenters. The van der Waals surface area contributed by atoms with Crippen molar-refractivity contribution < 1.29 is 19.5 Å². The minimum absolute atomic E-state index is 0.0846. The van der Waals surface area contributed by atoms with Gasteiger partial charge in [-0.05, 0) is 18.2 Å². The molecular formula is C16H10ClNO4. The number of benzene rings is 2. The molecule has 6 heteroatoms. The molecule has 0 bridgehead atoms. The van der Waals surface area contributed by atoms with Crippen molar-refractivity contribution in [2.45, 2.75) is 5.72 Å². The van der Waals surface area contributed by atoms with Crippen LogP contribution in [0.25, 0.3) is 0 Å². The van der Waals surface area contributed by atoms with Crippen LogP contribution in [0.5, 0.6) is 0 Å². The average molecular weight is 316 g/mol. The molecule has 0 atom stereocenters. The van der Waals surface area contributed by atoms with E-state index >= 15 is 0 Å². The van der Waals surface area contributed by atoms with E-state index in [1.165, 1.54) is 24.3 Å². The van der Waals surface area contributed by atoms with Crippen LogP contribution in [0, 0.1) is 0 Å². The van der Waals surface area contributed by atoms with Crippen LogP contribution in [-0.4, -0.2) is 28.3 Å². The molecule has 22 heavy (non-hydrogen) atoms. The Kier molecular flexibility index (Phi) is 3.31. The van der Waals surface area contributed by atoms with Crippen LogP contribution in [0.4, 0.5) is 0 Å². The predicted octanol–water partition coefficient (Wildman–Crippen LogP) is 1.84. The predicted molar refractivity (Wildman–Crippen MR) is 79.0 cm³/mol. The van der Waals surface area contributed by atoms with Crippen LogP contribution in [0.15, 0.2) is 48.5 Å². The molecule has 2 aromatic rings. The smallest absolute Gasteiger partial charge is 0.268 e. The molecule has 0 saturated carbocycles. The second-order valence-corrected chi connectivity index (χ2v) is 5.32. The molecule has 0 radical (unpaired) electrons. The van der Waals surface area contributed by atoms with E-state index in [4.69, 9.17) is 11.6 Å². The first-order valence-electron chi connectivity index (χ1n) is 6.42.